The van der Waals surface area contributed by atoms with Crippen molar-refractivity contribution in [1.29, 1.82) is 0 Å². The number of alkyl halides is 1. The predicted octanol–water partition coefficient (Wildman–Crippen LogP) is 2.45. The predicted molar refractivity (Wildman–Crippen MR) is 102 cm³/mol. The first-order valence-corrected chi connectivity index (χ1v) is 9.20. The first kappa shape index (κ1) is 17.4. The Bertz CT molecular complexity index is 1180. The van der Waals surface area contributed by atoms with Gasteiger partial charge in [0.15, 0.2) is 6.17 Å². The molecule has 2 aliphatic rings. The molecule has 1 saturated heterocycles. The molecule has 0 bridgehead atoms. The second kappa shape index (κ2) is 6.44. The Morgan fingerprint density at radius 3 is 2.72 bits per heavy atom. The van der Waals surface area contributed by atoms with E-state index in [0.29, 0.717) is 27.7 Å². The maximum Gasteiger partial charge on any atom is 0.260 e. The first-order valence-electron chi connectivity index (χ1n) is 9.20. The van der Waals surface area contributed by atoms with Gasteiger partial charge in [-0.2, -0.15) is 0 Å². The Hall–Kier alpha value is -3.68. The summed E-state index contributed by atoms with van der Waals surface area (Å²) in [6, 6.07) is 9.23. The number of hydrogen-bond donors (Lipinski definition) is 1. The number of nitrogens with zero attached hydrogens (tertiary/aromatic N) is 3. The molecular weight excluding hydrogens is 375 g/mol. The summed E-state index contributed by atoms with van der Waals surface area (Å²) in [6.45, 7) is 0. The zero-order chi connectivity index (χ0) is 20.1. The number of hydrogen-bond acceptors (Lipinski definition) is 5. The molecule has 0 saturated carbocycles. The van der Waals surface area contributed by atoms with E-state index in [0.717, 1.165) is 0 Å². The fourth-order valence-electron chi connectivity index (χ4n) is 3.99. The Labute approximate surface area is 164 Å². The van der Waals surface area contributed by atoms with Crippen LogP contribution in [0, 0.1) is 0 Å². The van der Waals surface area contributed by atoms with Crippen LogP contribution in [0.3, 0.4) is 0 Å². The molecule has 1 fully saturated rings. The molecule has 2 atom stereocenters. The molecule has 8 heteroatoms. The third-order valence-corrected chi connectivity index (χ3v) is 5.34. The quantitative estimate of drug-likeness (QED) is 0.694. The number of carbonyl (C=O) groups excluding carboxylic acids is 3. The SMILES string of the molecule is O=C1CCC(N2C(=O)c3cccc4c(C(F)c5ccccn5)cnc2c34)C(=O)N1. The number of halogens is 1. The molecule has 29 heavy (non-hydrogen) atoms. The van der Waals surface area contributed by atoms with Crippen molar-refractivity contribution in [2.45, 2.75) is 25.1 Å². The van der Waals surface area contributed by atoms with E-state index in [4.69, 9.17) is 0 Å². The van der Waals surface area contributed by atoms with Crippen molar-refractivity contribution >= 4 is 34.3 Å². The van der Waals surface area contributed by atoms with Crippen LogP contribution < -0.4 is 10.2 Å². The second-order valence-corrected chi connectivity index (χ2v) is 7.02. The maximum atomic E-state index is 15.2. The topological polar surface area (TPSA) is 92.3 Å². The van der Waals surface area contributed by atoms with Crippen molar-refractivity contribution in [3.8, 4) is 0 Å². The Morgan fingerprint density at radius 1 is 1.10 bits per heavy atom. The van der Waals surface area contributed by atoms with E-state index in [1.54, 1.807) is 36.4 Å². The number of aromatic nitrogens is 2. The number of piperidine rings is 1. The van der Waals surface area contributed by atoms with E-state index < -0.39 is 18.1 Å². The van der Waals surface area contributed by atoms with E-state index in [-0.39, 0.29) is 30.3 Å². The lowest BCUT2D eigenvalue weighted by Crippen LogP contribution is -2.53. The van der Waals surface area contributed by atoms with Crippen LogP contribution in [0.2, 0.25) is 0 Å². The number of rotatable bonds is 3. The van der Waals surface area contributed by atoms with Gasteiger partial charge in [0.05, 0.1) is 11.3 Å². The van der Waals surface area contributed by atoms with Crippen LogP contribution in [0.5, 0.6) is 0 Å². The van der Waals surface area contributed by atoms with Gasteiger partial charge in [-0.3, -0.25) is 29.6 Å². The smallest absolute Gasteiger partial charge is 0.260 e. The third kappa shape index (κ3) is 2.60. The normalized spacial score (nSPS) is 19.6. The second-order valence-electron chi connectivity index (χ2n) is 7.02. The minimum absolute atomic E-state index is 0.143. The average Bonchev–Trinajstić information content (AvgIpc) is 3.02. The molecule has 7 nitrogen and oxygen atoms in total. The summed E-state index contributed by atoms with van der Waals surface area (Å²) in [7, 11) is 0. The maximum absolute atomic E-state index is 15.2. The molecule has 4 heterocycles. The largest absolute Gasteiger partial charge is 0.295 e. The highest BCUT2D eigenvalue weighted by Gasteiger charge is 2.42. The van der Waals surface area contributed by atoms with Crippen LogP contribution in [0.1, 0.15) is 40.6 Å². The molecule has 2 aliphatic heterocycles. The molecule has 0 spiro atoms. The monoisotopic (exact) mass is 390 g/mol. The van der Waals surface area contributed by atoms with Crippen LogP contribution in [-0.4, -0.2) is 33.7 Å². The third-order valence-electron chi connectivity index (χ3n) is 5.34. The highest BCUT2D eigenvalue weighted by Crippen LogP contribution is 2.41. The molecule has 1 aromatic carbocycles. The van der Waals surface area contributed by atoms with Gasteiger partial charge < -0.3 is 0 Å². The average molecular weight is 390 g/mol. The zero-order valence-corrected chi connectivity index (χ0v) is 15.1. The van der Waals surface area contributed by atoms with E-state index in [2.05, 4.69) is 15.3 Å². The summed E-state index contributed by atoms with van der Waals surface area (Å²) in [5.74, 6) is -0.956. The van der Waals surface area contributed by atoms with Crippen LogP contribution in [-0.2, 0) is 9.59 Å². The summed E-state index contributed by atoms with van der Waals surface area (Å²) in [5, 5.41) is 3.33. The molecule has 3 aromatic rings. The van der Waals surface area contributed by atoms with E-state index in [1.165, 1.54) is 17.3 Å². The Morgan fingerprint density at radius 2 is 1.97 bits per heavy atom. The van der Waals surface area contributed by atoms with Gasteiger partial charge in [0, 0.05) is 29.8 Å². The van der Waals surface area contributed by atoms with Crippen molar-refractivity contribution in [2.75, 3.05) is 4.90 Å². The minimum atomic E-state index is -1.51. The number of benzene rings is 1. The van der Waals surface area contributed by atoms with Crippen LogP contribution in [0.4, 0.5) is 10.2 Å². The number of nitrogens with one attached hydrogen (secondary N) is 1. The molecule has 0 aliphatic carbocycles. The summed E-state index contributed by atoms with van der Waals surface area (Å²) >= 11 is 0. The standard InChI is InChI=1S/C21H15FN4O3/c22-18(14-6-1-2-9-23-14)13-10-24-19-17-11(13)4-3-5-12(17)21(29)26(19)15-7-8-16(27)25-20(15)28/h1-6,9-10,15,18H,7-8H2,(H,25,27,28). The fraction of sp³-hybridized carbons (Fsp3) is 0.190. The van der Waals surface area contributed by atoms with E-state index in [1.807, 2.05) is 0 Å². The van der Waals surface area contributed by atoms with Crippen molar-refractivity contribution < 1.29 is 18.8 Å². The fourth-order valence-corrected chi connectivity index (χ4v) is 3.99. The zero-order valence-electron chi connectivity index (χ0n) is 15.1. The first-order chi connectivity index (χ1) is 14.1. The number of carbonyl (C=O) groups is 3. The van der Waals surface area contributed by atoms with Crippen LogP contribution >= 0.6 is 0 Å². The summed E-state index contributed by atoms with van der Waals surface area (Å²) in [4.78, 5) is 46.6. The summed E-state index contributed by atoms with van der Waals surface area (Å²) < 4.78 is 15.2. The van der Waals surface area contributed by atoms with Gasteiger partial charge in [-0.15, -0.1) is 0 Å². The lowest BCUT2D eigenvalue weighted by atomic mass is 9.99. The van der Waals surface area contributed by atoms with Gasteiger partial charge in [-0.25, -0.2) is 9.37 Å². The van der Waals surface area contributed by atoms with Gasteiger partial charge in [0.1, 0.15) is 11.9 Å². The van der Waals surface area contributed by atoms with Crippen LogP contribution in [0.15, 0.2) is 48.8 Å². The molecule has 3 amide bonds. The van der Waals surface area contributed by atoms with Crippen molar-refractivity contribution in [1.82, 2.24) is 15.3 Å². The number of anilines is 1. The van der Waals surface area contributed by atoms with Crippen molar-refractivity contribution in [3.05, 3.63) is 65.6 Å². The Kier molecular flexibility index (Phi) is 3.87. The van der Waals surface area contributed by atoms with Gasteiger partial charge in [-0.1, -0.05) is 18.2 Å². The van der Waals surface area contributed by atoms with Gasteiger partial charge in [0.2, 0.25) is 11.8 Å². The van der Waals surface area contributed by atoms with Crippen molar-refractivity contribution in [2.24, 2.45) is 0 Å². The van der Waals surface area contributed by atoms with E-state index >= 15 is 4.39 Å². The molecule has 2 unspecified atom stereocenters. The molecule has 2 aromatic heterocycles. The molecule has 0 radical (unpaired) electrons. The molecule has 5 rings (SSSR count). The highest BCUT2D eigenvalue weighted by atomic mass is 19.1. The van der Waals surface area contributed by atoms with E-state index in [9.17, 15) is 14.4 Å². The van der Waals surface area contributed by atoms with Crippen molar-refractivity contribution in [3.63, 3.8) is 0 Å². The summed E-state index contributed by atoms with van der Waals surface area (Å²) in [5.41, 5.74) is 0.924. The summed E-state index contributed by atoms with van der Waals surface area (Å²) in [6.07, 6.45) is 1.76. The molecule has 144 valence electrons. The van der Waals surface area contributed by atoms with Crippen LogP contribution in [0.25, 0.3) is 10.8 Å². The van der Waals surface area contributed by atoms with Gasteiger partial charge in [0.25, 0.3) is 5.91 Å². The number of amides is 3. The van der Waals surface area contributed by atoms with Gasteiger partial charge in [-0.05, 0) is 30.0 Å². The lowest BCUT2D eigenvalue weighted by molar-refractivity contribution is -0.134. The Balaban J connectivity index is 1.64. The minimum Gasteiger partial charge on any atom is -0.295 e. The number of pyridine rings is 2. The molecular formula is C21H15FN4O3. The molecule has 1 N–H and O–H groups in total. The lowest BCUT2D eigenvalue weighted by Gasteiger charge is -2.29. The number of imide groups is 1. The highest BCUT2D eigenvalue weighted by molar-refractivity contribution is 6.26. The van der Waals surface area contributed by atoms with Gasteiger partial charge >= 0.3 is 0 Å².